The van der Waals surface area contributed by atoms with Crippen LogP contribution in [0.5, 0.6) is 11.5 Å². The Morgan fingerprint density at radius 2 is 1.91 bits per heavy atom. The van der Waals surface area contributed by atoms with Crippen molar-refractivity contribution in [1.29, 1.82) is 0 Å². The maximum atomic E-state index is 13.4. The minimum absolute atomic E-state index is 0.111. The zero-order chi connectivity index (χ0) is 23.8. The van der Waals surface area contributed by atoms with Gasteiger partial charge in [-0.25, -0.2) is 5.01 Å². The maximum absolute atomic E-state index is 13.4. The Balaban J connectivity index is 1.90. The number of benzene rings is 1. The molecule has 1 aliphatic rings. The van der Waals surface area contributed by atoms with E-state index in [1.807, 2.05) is 35.7 Å². The van der Waals surface area contributed by atoms with Gasteiger partial charge in [0.2, 0.25) is 5.91 Å². The number of ether oxygens (including phenoxy) is 4. The smallest absolute Gasteiger partial charge is 0.262 e. The minimum atomic E-state index is -0.337. The number of thiophene rings is 1. The average molecular weight is 476 g/mol. The third kappa shape index (κ3) is 5.89. The molecule has 1 atom stereocenters. The number of hydrazone groups is 1. The number of carbonyl (C=O) groups excluding carboxylic acids is 2. The van der Waals surface area contributed by atoms with Gasteiger partial charge < -0.3 is 23.8 Å². The second-order valence-electron chi connectivity index (χ2n) is 7.34. The zero-order valence-electron chi connectivity index (χ0n) is 19.3. The van der Waals surface area contributed by atoms with Gasteiger partial charge in [-0.1, -0.05) is 12.1 Å². The highest BCUT2D eigenvalue weighted by molar-refractivity contribution is 7.12. The van der Waals surface area contributed by atoms with Gasteiger partial charge in [0.05, 0.1) is 37.5 Å². The lowest BCUT2D eigenvalue weighted by atomic mass is 10.0. The number of nitrogens with zero attached hydrogens (tertiary/aromatic N) is 3. The third-order valence-corrected chi connectivity index (χ3v) is 6.19. The van der Waals surface area contributed by atoms with E-state index in [1.165, 1.54) is 17.0 Å². The van der Waals surface area contributed by atoms with E-state index in [2.05, 4.69) is 5.10 Å². The second kappa shape index (κ2) is 11.8. The predicted molar refractivity (Wildman–Crippen MR) is 125 cm³/mol. The fourth-order valence-corrected chi connectivity index (χ4v) is 4.32. The molecule has 10 heteroatoms. The molecule has 1 aromatic heterocycles. The van der Waals surface area contributed by atoms with Crippen molar-refractivity contribution in [2.45, 2.75) is 12.5 Å². The maximum Gasteiger partial charge on any atom is 0.262 e. The monoisotopic (exact) mass is 475 g/mol. The lowest BCUT2D eigenvalue weighted by molar-refractivity contribution is -0.144. The predicted octanol–water partition coefficient (Wildman–Crippen LogP) is 2.56. The molecule has 0 radical (unpaired) electrons. The third-order valence-electron chi connectivity index (χ3n) is 5.28. The molecule has 1 aromatic carbocycles. The first-order chi connectivity index (χ1) is 16.0. The van der Waals surface area contributed by atoms with E-state index in [4.69, 9.17) is 18.9 Å². The number of hydrogen-bond acceptors (Lipinski definition) is 8. The molecular formula is C23H29N3O6S. The van der Waals surface area contributed by atoms with Gasteiger partial charge in [0.1, 0.15) is 13.2 Å². The van der Waals surface area contributed by atoms with Gasteiger partial charge in [0.15, 0.2) is 11.5 Å². The van der Waals surface area contributed by atoms with Crippen LogP contribution in [-0.4, -0.2) is 82.2 Å². The molecule has 0 bridgehead atoms. The molecular weight excluding hydrogens is 446 g/mol. The molecule has 0 aliphatic carbocycles. The van der Waals surface area contributed by atoms with Crippen molar-refractivity contribution in [3.05, 3.63) is 46.2 Å². The first-order valence-corrected chi connectivity index (χ1v) is 11.3. The average Bonchev–Trinajstić information content (AvgIpc) is 3.51. The van der Waals surface area contributed by atoms with E-state index in [0.717, 1.165) is 16.2 Å². The number of amides is 2. The zero-order valence-corrected chi connectivity index (χ0v) is 20.1. The summed E-state index contributed by atoms with van der Waals surface area (Å²) in [5, 5.41) is 8.11. The van der Waals surface area contributed by atoms with Crippen molar-refractivity contribution in [2.75, 3.05) is 54.7 Å². The second-order valence-corrected chi connectivity index (χ2v) is 8.29. The fourth-order valence-electron chi connectivity index (χ4n) is 3.60. The Kier molecular flexibility index (Phi) is 8.81. The van der Waals surface area contributed by atoms with Crippen LogP contribution in [-0.2, 0) is 19.1 Å². The van der Waals surface area contributed by atoms with Crippen molar-refractivity contribution in [3.8, 4) is 11.5 Å². The van der Waals surface area contributed by atoms with E-state index in [9.17, 15) is 9.59 Å². The first-order valence-electron chi connectivity index (χ1n) is 10.4. The molecule has 0 saturated carbocycles. The van der Waals surface area contributed by atoms with Crippen molar-refractivity contribution >= 4 is 28.9 Å². The summed E-state index contributed by atoms with van der Waals surface area (Å²) in [5.74, 6) is 0.602. The lowest BCUT2D eigenvalue weighted by Gasteiger charge is -2.27. The van der Waals surface area contributed by atoms with E-state index in [0.29, 0.717) is 24.5 Å². The van der Waals surface area contributed by atoms with Gasteiger partial charge in [-0.15, -0.1) is 11.3 Å². The summed E-state index contributed by atoms with van der Waals surface area (Å²) in [6, 6.07) is 9.17. The molecule has 0 saturated heterocycles. The van der Waals surface area contributed by atoms with E-state index < -0.39 is 0 Å². The largest absolute Gasteiger partial charge is 0.493 e. The van der Waals surface area contributed by atoms with Gasteiger partial charge in [0, 0.05) is 27.2 Å². The van der Waals surface area contributed by atoms with E-state index in [1.54, 1.807) is 32.7 Å². The first kappa shape index (κ1) is 24.7. The lowest BCUT2D eigenvalue weighted by Crippen LogP contribution is -2.44. The quantitative estimate of drug-likeness (QED) is 0.496. The van der Waals surface area contributed by atoms with Gasteiger partial charge >= 0.3 is 0 Å². The Morgan fingerprint density at radius 3 is 2.55 bits per heavy atom. The van der Waals surface area contributed by atoms with Gasteiger partial charge in [0.25, 0.3) is 5.91 Å². The number of methoxy groups -OCH3 is 4. The van der Waals surface area contributed by atoms with Crippen molar-refractivity contribution < 1.29 is 28.5 Å². The molecule has 9 nitrogen and oxygen atoms in total. The molecule has 178 valence electrons. The number of carbonyl (C=O) groups is 2. The number of hydrogen-bond donors (Lipinski definition) is 0. The summed E-state index contributed by atoms with van der Waals surface area (Å²) < 4.78 is 20.9. The van der Waals surface area contributed by atoms with Gasteiger partial charge in [-0.05, 0) is 29.1 Å². The van der Waals surface area contributed by atoms with Crippen molar-refractivity contribution in [3.63, 3.8) is 0 Å². The fraction of sp³-hybridized carbons (Fsp3) is 0.435. The van der Waals surface area contributed by atoms with E-state index >= 15 is 0 Å². The highest BCUT2D eigenvalue weighted by Crippen LogP contribution is 2.37. The Hall–Kier alpha value is -2.95. The van der Waals surface area contributed by atoms with Crippen molar-refractivity contribution in [2.24, 2.45) is 5.10 Å². The van der Waals surface area contributed by atoms with Crippen LogP contribution in [0.15, 0.2) is 40.8 Å². The van der Waals surface area contributed by atoms with Gasteiger partial charge in [-0.3, -0.25) is 9.59 Å². The summed E-state index contributed by atoms with van der Waals surface area (Å²) in [5.41, 5.74) is 1.69. The highest BCUT2D eigenvalue weighted by atomic mass is 32.1. The SMILES string of the molecule is COCCN(CC(=O)N1N=C(c2cccs2)C[C@H]1c1ccc(OC)c(OC)c1)C(=O)COC. The summed E-state index contributed by atoms with van der Waals surface area (Å²) >= 11 is 1.57. The Morgan fingerprint density at radius 1 is 1.12 bits per heavy atom. The van der Waals surface area contributed by atoms with Crippen LogP contribution in [0.25, 0.3) is 0 Å². The highest BCUT2D eigenvalue weighted by Gasteiger charge is 2.35. The molecule has 0 unspecified atom stereocenters. The molecule has 0 spiro atoms. The molecule has 33 heavy (non-hydrogen) atoms. The van der Waals surface area contributed by atoms with Crippen LogP contribution in [0.2, 0.25) is 0 Å². The molecule has 0 N–H and O–H groups in total. The van der Waals surface area contributed by atoms with E-state index in [-0.39, 0.29) is 37.6 Å². The Labute approximate surface area is 197 Å². The molecule has 2 heterocycles. The molecule has 0 fully saturated rings. The van der Waals surface area contributed by atoms with Crippen molar-refractivity contribution in [1.82, 2.24) is 9.91 Å². The van der Waals surface area contributed by atoms with Crippen LogP contribution in [0.3, 0.4) is 0 Å². The van der Waals surface area contributed by atoms with Crippen LogP contribution in [0.1, 0.15) is 22.9 Å². The van der Waals surface area contributed by atoms with Crippen LogP contribution < -0.4 is 9.47 Å². The topological polar surface area (TPSA) is 89.9 Å². The summed E-state index contributed by atoms with van der Waals surface area (Å²) in [6.07, 6.45) is 0.547. The summed E-state index contributed by atoms with van der Waals surface area (Å²) in [6.45, 7) is 0.350. The van der Waals surface area contributed by atoms with Crippen LogP contribution in [0, 0.1) is 0 Å². The summed E-state index contributed by atoms with van der Waals surface area (Å²) in [7, 11) is 6.14. The molecule has 2 aromatic rings. The molecule has 3 rings (SSSR count). The molecule has 2 amide bonds. The Bertz CT molecular complexity index is 979. The normalized spacial score (nSPS) is 15.3. The van der Waals surface area contributed by atoms with Crippen LogP contribution in [0.4, 0.5) is 0 Å². The standard InChI is InChI=1S/C23H29N3O6S/c1-29-10-9-25(23(28)15-30-2)14-22(27)26-18(13-17(24-26)21-6-5-11-33-21)16-7-8-19(31-3)20(12-16)32-4/h5-8,11-12,18H,9-10,13-15H2,1-4H3/t18-/m0/s1. The van der Waals surface area contributed by atoms with Crippen LogP contribution >= 0.6 is 11.3 Å². The summed E-state index contributed by atoms with van der Waals surface area (Å²) in [4.78, 5) is 28.3. The van der Waals surface area contributed by atoms with Gasteiger partial charge in [-0.2, -0.15) is 5.10 Å². The minimum Gasteiger partial charge on any atom is -0.493 e. The number of rotatable bonds is 11. The molecule has 1 aliphatic heterocycles.